The lowest BCUT2D eigenvalue weighted by Crippen LogP contribution is -2.60. The van der Waals surface area contributed by atoms with E-state index in [1.165, 1.54) is 13.8 Å². The van der Waals surface area contributed by atoms with Gasteiger partial charge in [-0.25, -0.2) is 9.59 Å². The first-order valence-electron chi connectivity index (χ1n) is 6.32. The molecule has 0 unspecified atom stereocenters. The third kappa shape index (κ3) is 8.81. The lowest BCUT2D eigenvalue weighted by Gasteiger charge is -2.33. The summed E-state index contributed by atoms with van der Waals surface area (Å²) in [6, 6.07) is 0. The van der Waals surface area contributed by atoms with E-state index in [1.54, 1.807) is 0 Å². The number of carbonyl (C=O) groups is 2. The first kappa shape index (κ1) is 28.7. The standard InChI is InChI=1S/C6H6F8.2C4H6O2/c1-3(7,8)5(11,12)6(13,14)4(2,9)10;2*1-3(2)4(5)6/h1-2H3;2*1H2,2H3,(H,5,6). The summed E-state index contributed by atoms with van der Waals surface area (Å²) in [5.41, 5.74) is 0.352. The van der Waals surface area contributed by atoms with Crippen LogP contribution in [0.25, 0.3) is 0 Å². The highest BCUT2D eigenvalue weighted by Crippen LogP contribution is 2.51. The number of hydrogen-bond acceptors (Lipinski definition) is 2. The second-order valence-corrected chi connectivity index (χ2v) is 5.10. The Morgan fingerprint density at radius 3 is 0.808 bits per heavy atom. The number of hydrogen-bond donors (Lipinski definition) is 2. The van der Waals surface area contributed by atoms with E-state index in [2.05, 4.69) is 13.2 Å². The van der Waals surface area contributed by atoms with Crippen LogP contribution in [0.3, 0.4) is 0 Å². The summed E-state index contributed by atoms with van der Waals surface area (Å²) in [5, 5.41) is 15.8. The average molecular weight is 402 g/mol. The van der Waals surface area contributed by atoms with Gasteiger partial charge < -0.3 is 10.2 Å². The van der Waals surface area contributed by atoms with E-state index in [1.807, 2.05) is 0 Å². The van der Waals surface area contributed by atoms with Gasteiger partial charge in [0.25, 0.3) is 0 Å². The lowest BCUT2D eigenvalue weighted by molar-refractivity contribution is -0.357. The Morgan fingerprint density at radius 2 is 0.769 bits per heavy atom. The first-order chi connectivity index (χ1) is 11.0. The van der Waals surface area contributed by atoms with E-state index >= 15 is 0 Å². The number of alkyl halides is 8. The number of halogens is 8. The number of carboxylic acid groups (broad SMARTS) is 2. The average Bonchev–Trinajstić information content (AvgIpc) is 2.36. The minimum absolute atomic E-state index is 0.176. The SMILES string of the molecule is C=C(C)C(=O)O.C=C(C)C(=O)O.CC(F)(F)C(F)(F)C(F)(F)C(C)(F)F. The zero-order valence-electron chi connectivity index (χ0n) is 14.1. The maximum absolute atomic E-state index is 12.2. The maximum atomic E-state index is 12.2. The Kier molecular flexibility index (Phi) is 10.5. The maximum Gasteiger partial charge on any atom is 0.377 e. The Labute approximate surface area is 143 Å². The molecule has 0 heterocycles. The summed E-state index contributed by atoms with van der Waals surface area (Å²) in [7, 11) is 0. The van der Waals surface area contributed by atoms with Gasteiger partial charge in [-0.15, -0.1) is 0 Å². The van der Waals surface area contributed by atoms with Gasteiger partial charge in [-0.1, -0.05) is 13.2 Å². The summed E-state index contributed by atoms with van der Waals surface area (Å²) in [5.74, 6) is -24.5. The van der Waals surface area contributed by atoms with Crippen LogP contribution in [0, 0.1) is 0 Å². The predicted octanol–water partition coefficient (Wildman–Crippen LogP) is 4.86. The zero-order chi connectivity index (χ0) is 22.3. The van der Waals surface area contributed by atoms with Gasteiger partial charge >= 0.3 is 35.6 Å². The van der Waals surface area contributed by atoms with Crippen molar-refractivity contribution < 1.29 is 54.9 Å². The predicted molar refractivity (Wildman–Crippen MR) is 76.0 cm³/mol. The summed E-state index contributed by atoms with van der Waals surface area (Å²) in [6.07, 6.45) is 0. The second kappa shape index (κ2) is 9.53. The van der Waals surface area contributed by atoms with Gasteiger partial charge in [-0.05, 0) is 13.8 Å². The molecule has 0 aliphatic carbocycles. The third-order valence-electron chi connectivity index (χ3n) is 2.23. The molecular weight excluding hydrogens is 384 g/mol. The smallest absolute Gasteiger partial charge is 0.377 e. The van der Waals surface area contributed by atoms with Gasteiger partial charge in [0.2, 0.25) is 0 Å². The molecule has 0 aromatic rings. The van der Waals surface area contributed by atoms with Crippen LogP contribution in [0.2, 0.25) is 0 Å². The molecular formula is C14H18F8O4. The lowest BCUT2D eigenvalue weighted by atomic mass is 10.0. The van der Waals surface area contributed by atoms with Gasteiger partial charge in [-0.3, -0.25) is 0 Å². The van der Waals surface area contributed by atoms with Crippen LogP contribution in [-0.4, -0.2) is 45.8 Å². The number of rotatable bonds is 5. The van der Waals surface area contributed by atoms with Crippen molar-refractivity contribution in [2.24, 2.45) is 0 Å². The molecule has 0 spiro atoms. The highest BCUT2D eigenvalue weighted by atomic mass is 19.4. The van der Waals surface area contributed by atoms with Crippen LogP contribution in [0.15, 0.2) is 24.3 Å². The summed E-state index contributed by atoms with van der Waals surface area (Å²) < 4.78 is 96.7. The molecule has 0 fully saturated rings. The molecule has 26 heavy (non-hydrogen) atoms. The van der Waals surface area contributed by atoms with E-state index < -0.39 is 49.5 Å². The molecule has 0 aliphatic rings. The molecule has 0 aromatic carbocycles. The molecule has 0 amide bonds. The van der Waals surface area contributed by atoms with Gasteiger partial charge in [0.1, 0.15) is 0 Å². The van der Waals surface area contributed by atoms with Crippen LogP contribution < -0.4 is 0 Å². The largest absolute Gasteiger partial charge is 0.478 e. The van der Waals surface area contributed by atoms with Crippen LogP contribution in [0.4, 0.5) is 35.1 Å². The van der Waals surface area contributed by atoms with Gasteiger partial charge in [0.05, 0.1) is 0 Å². The topological polar surface area (TPSA) is 74.6 Å². The Morgan fingerprint density at radius 1 is 0.654 bits per heavy atom. The molecule has 0 radical (unpaired) electrons. The van der Waals surface area contributed by atoms with E-state index in [4.69, 9.17) is 10.2 Å². The normalized spacial score (nSPS) is 12.0. The molecule has 2 N–H and O–H groups in total. The van der Waals surface area contributed by atoms with Gasteiger partial charge in [-0.2, -0.15) is 35.1 Å². The molecule has 0 aliphatic heterocycles. The highest BCUT2D eigenvalue weighted by molar-refractivity contribution is 5.85. The number of aliphatic carboxylic acids is 2. The minimum Gasteiger partial charge on any atom is -0.478 e. The highest BCUT2D eigenvalue weighted by Gasteiger charge is 2.77. The van der Waals surface area contributed by atoms with Crippen molar-refractivity contribution in [3.05, 3.63) is 24.3 Å². The molecule has 0 saturated heterocycles. The van der Waals surface area contributed by atoms with E-state index in [9.17, 15) is 44.7 Å². The van der Waals surface area contributed by atoms with Crippen molar-refractivity contribution in [1.29, 1.82) is 0 Å². The van der Waals surface area contributed by atoms with Gasteiger partial charge in [0, 0.05) is 25.0 Å². The van der Waals surface area contributed by atoms with Crippen LogP contribution in [0.5, 0.6) is 0 Å². The van der Waals surface area contributed by atoms with E-state index in [-0.39, 0.29) is 11.1 Å². The van der Waals surface area contributed by atoms with Crippen molar-refractivity contribution in [2.45, 2.75) is 51.4 Å². The Balaban J connectivity index is -0.000000364. The second-order valence-electron chi connectivity index (χ2n) is 5.10. The van der Waals surface area contributed by atoms with Crippen molar-refractivity contribution >= 4 is 11.9 Å². The fraction of sp³-hybridized carbons (Fsp3) is 0.571. The minimum atomic E-state index is -6.10. The molecule has 0 atom stereocenters. The van der Waals surface area contributed by atoms with Crippen LogP contribution in [-0.2, 0) is 9.59 Å². The molecule has 0 saturated carbocycles. The van der Waals surface area contributed by atoms with Crippen LogP contribution >= 0.6 is 0 Å². The summed E-state index contributed by atoms with van der Waals surface area (Å²) in [4.78, 5) is 19.2. The molecule has 0 bridgehead atoms. The van der Waals surface area contributed by atoms with Crippen LogP contribution in [0.1, 0.15) is 27.7 Å². The first-order valence-corrected chi connectivity index (χ1v) is 6.32. The Hall–Kier alpha value is -2.14. The summed E-state index contributed by atoms with van der Waals surface area (Å²) in [6.45, 7) is 8.11. The molecule has 4 nitrogen and oxygen atoms in total. The fourth-order valence-electron chi connectivity index (χ4n) is 0.551. The van der Waals surface area contributed by atoms with Crippen molar-refractivity contribution in [3.8, 4) is 0 Å². The van der Waals surface area contributed by atoms with Crippen molar-refractivity contribution in [1.82, 2.24) is 0 Å². The zero-order valence-corrected chi connectivity index (χ0v) is 14.1. The summed E-state index contributed by atoms with van der Waals surface area (Å²) >= 11 is 0. The molecule has 154 valence electrons. The van der Waals surface area contributed by atoms with Crippen molar-refractivity contribution in [3.63, 3.8) is 0 Å². The molecule has 0 rings (SSSR count). The molecule has 0 aromatic heterocycles. The molecule has 12 heteroatoms. The quantitative estimate of drug-likeness (QED) is 0.509. The fourth-order valence-corrected chi connectivity index (χ4v) is 0.551. The monoisotopic (exact) mass is 402 g/mol. The number of carboxylic acids is 2. The van der Waals surface area contributed by atoms with Crippen molar-refractivity contribution in [2.75, 3.05) is 0 Å². The third-order valence-corrected chi connectivity index (χ3v) is 2.23. The van der Waals surface area contributed by atoms with Gasteiger partial charge in [0.15, 0.2) is 0 Å². The van der Waals surface area contributed by atoms with E-state index in [0.29, 0.717) is 0 Å². The van der Waals surface area contributed by atoms with E-state index in [0.717, 1.165) is 0 Å². The Bertz CT molecular complexity index is 458.